The van der Waals surface area contributed by atoms with Gasteiger partial charge in [0.2, 0.25) is 0 Å². The van der Waals surface area contributed by atoms with Gasteiger partial charge in [0, 0.05) is 18.8 Å². The number of nitrogens with zero attached hydrogens (tertiary/aromatic N) is 1. The van der Waals surface area contributed by atoms with E-state index in [0.717, 1.165) is 23.4 Å². The first-order valence-corrected chi connectivity index (χ1v) is 6.89. The van der Waals surface area contributed by atoms with Crippen molar-refractivity contribution in [2.75, 3.05) is 23.5 Å². The normalized spacial score (nSPS) is 19.3. The van der Waals surface area contributed by atoms with E-state index in [0.29, 0.717) is 11.6 Å². The molecule has 0 radical (unpaired) electrons. The van der Waals surface area contributed by atoms with Crippen LogP contribution in [0.15, 0.2) is 18.2 Å². The van der Waals surface area contributed by atoms with E-state index in [2.05, 4.69) is 4.90 Å². The molecule has 1 aliphatic heterocycles. The van der Waals surface area contributed by atoms with Crippen molar-refractivity contribution < 1.29 is 9.90 Å². The Kier molecular flexibility index (Phi) is 3.62. The molecule has 1 fully saturated rings. The maximum Gasteiger partial charge on any atom is 0.337 e. The molecule has 17 heavy (non-hydrogen) atoms. The molecule has 0 bridgehead atoms. The van der Waals surface area contributed by atoms with Crippen molar-refractivity contribution >= 4 is 23.4 Å². The molecule has 0 aromatic heterocycles. The number of carboxylic acids is 1. The maximum absolute atomic E-state index is 11.2. The Morgan fingerprint density at radius 3 is 2.88 bits per heavy atom. The van der Waals surface area contributed by atoms with Gasteiger partial charge >= 0.3 is 5.97 Å². The Morgan fingerprint density at radius 2 is 2.29 bits per heavy atom. The van der Waals surface area contributed by atoms with Crippen LogP contribution in [0, 0.1) is 6.92 Å². The lowest BCUT2D eigenvalue weighted by atomic mass is 10.1. The molecule has 2 rings (SSSR count). The smallest absolute Gasteiger partial charge is 0.337 e. The molecule has 1 unspecified atom stereocenters. The van der Waals surface area contributed by atoms with Crippen LogP contribution in [-0.2, 0) is 0 Å². The zero-order valence-corrected chi connectivity index (χ0v) is 11.0. The fourth-order valence-corrected chi connectivity index (χ4v) is 3.41. The molecular weight excluding hydrogens is 234 g/mol. The number of thioether (sulfide) groups is 1. The SMILES string of the molecule is Cc1ccc(C(=O)O)c(N(C)C2CCSC2)c1. The summed E-state index contributed by atoms with van der Waals surface area (Å²) < 4.78 is 0. The van der Waals surface area contributed by atoms with Crippen molar-refractivity contribution in [3.63, 3.8) is 0 Å². The predicted molar refractivity (Wildman–Crippen MR) is 72.3 cm³/mol. The largest absolute Gasteiger partial charge is 0.478 e. The van der Waals surface area contributed by atoms with E-state index >= 15 is 0 Å². The van der Waals surface area contributed by atoms with Crippen LogP contribution in [-0.4, -0.2) is 35.7 Å². The minimum Gasteiger partial charge on any atom is -0.478 e. The Balaban J connectivity index is 2.34. The lowest BCUT2D eigenvalue weighted by Crippen LogP contribution is -2.32. The quantitative estimate of drug-likeness (QED) is 0.896. The molecule has 1 aromatic rings. The van der Waals surface area contributed by atoms with Gasteiger partial charge in [0.15, 0.2) is 0 Å². The molecule has 1 aromatic carbocycles. The third kappa shape index (κ3) is 2.57. The monoisotopic (exact) mass is 251 g/mol. The first-order chi connectivity index (χ1) is 8.09. The van der Waals surface area contributed by atoms with Crippen LogP contribution in [0.4, 0.5) is 5.69 Å². The van der Waals surface area contributed by atoms with Gasteiger partial charge in [0.1, 0.15) is 0 Å². The van der Waals surface area contributed by atoms with Crippen molar-refractivity contribution in [3.8, 4) is 0 Å². The van der Waals surface area contributed by atoms with Gasteiger partial charge in [-0.25, -0.2) is 4.79 Å². The summed E-state index contributed by atoms with van der Waals surface area (Å²) in [6, 6.07) is 5.97. The van der Waals surface area contributed by atoms with E-state index in [1.54, 1.807) is 6.07 Å². The standard InChI is InChI=1S/C13H17NO2S/c1-9-3-4-11(13(15)16)12(7-9)14(2)10-5-6-17-8-10/h3-4,7,10H,5-6,8H2,1-2H3,(H,15,16). The predicted octanol–water partition coefficient (Wildman–Crippen LogP) is 2.63. The third-order valence-electron chi connectivity index (χ3n) is 3.22. The molecule has 0 amide bonds. The topological polar surface area (TPSA) is 40.5 Å². The van der Waals surface area contributed by atoms with Crippen LogP contribution in [0.3, 0.4) is 0 Å². The second-order valence-electron chi connectivity index (χ2n) is 4.45. The Bertz CT molecular complexity index is 427. The molecular formula is C13H17NO2S. The molecule has 1 N–H and O–H groups in total. The molecule has 92 valence electrons. The van der Waals surface area contributed by atoms with E-state index in [1.807, 2.05) is 37.9 Å². The van der Waals surface area contributed by atoms with Gasteiger partial charge in [-0.15, -0.1) is 0 Å². The first kappa shape index (κ1) is 12.3. The summed E-state index contributed by atoms with van der Waals surface area (Å²) in [7, 11) is 2.00. The number of carboxylic acid groups (broad SMARTS) is 1. The van der Waals surface area contributed by atoms with Crippen LogP contribution in [0.5, 0.6) is 0 Å². The summed E-state index contributed by atoms with van der Waals surface area (Å²) in [6.07, 6.45) is 1.13. The molecule has 0 saturated carbocycles. The summed E-state index contributed by atoms with van der Waals surface area (Å²) in [5.41, 5.74) is 2.34. The van der Waals surface area contributed by atoms with Gasteiger partial charge in [-0.05, 0) is 36.8 Å². The first-order valence-electron chi connectivity index (χ1n) is 5.74. The number of hydrogen-bond donors (Lipinski definition) is 1. The van der Waals surface area contributed by atoms with E-state index < -0.39 is 5.97 Å². The number of hydrogen-bond acceptors (Lipinski definition) is 3. The Labute approximate surface area is 106 Å². The fraction of sp³-hybridized carbons (Fsp3) is 0.462. The minimum absolute atomic E-state index is 0.398. The van der Waals surface area contributed by atoms with Gasteiger partial charge in [0.05, 0.1) is 11.3 Å². The van der Waals surface area contributed by atoms with E-state index in [-0.39, 0.29) is 0 Å². The Hall–Kier alpha value is -1.16. The molecule has 4 heteroatoms. The highest BCUT2D eigenvalue weighted by Gasteiger charge is 2.23. The molecule has 1 heterocycles. The number of anilines is 1. The van der Waals surface area contributed by atoms with Crippen LogP contribution in [0.2, 0.25) is 0 Å². The highest BCUT2D eigenvalue weighted by Crippen LogP contribution is 2.29. The summed E-state index contributed by atoms with van der Waals surface area (Å²) in [6.45, 7) is 1.99. The van der Waals surface area contributed by atoms with E-state index in [1.165, 1.54) is 5.75 Å². The average molecular weight is 251 g/mol. The molecule has 0 aliphatic carbocycles. The lowest BCUT2D eigenvalue weighted by Gasteiger charge is -2.27. The number of aromatic carboxylic acids is 1. The maximum atomic E-state index is 11.2. The van der Waals surface area contributed by atoms with Gasteiger partial charge in [-0.1, -0.05) is 6.07 Å². The second kappa shape index (κ2) is 5.00. The van der Waals surface area contributed by atoms with Crippen LogP contribution in [0.25, 0.3) is 0 Å². The minimum atomic E-state index is -0.850. The summed E-state index contributed by atoms with van der Waals surface area (Å²) in [5.74, 6) is 1.41. The molecule has 1 atom stereocenters. The zero-order chi connectivity index (χ0) is 12.4. The summed E-state index contributed by atoms with van der Waals surface area (Å²) in [5, 5.41) is 9.22. The third-order valence-corrected chi connectivity index (χ3v) is 4.36. The summed E-state index contributed by atoms with van der Waals surface area (Å²) >= 11 is 1.93. The summed E-state index contributed by atoms with van der Waals surface area (Å²) in [4.78, 5) is 13.3. The van der Waals surface area contributed by atoms with Crippen molar-refractivity contribution in [2.45, 2.75) is 19.4 Å². The average Bonchev–Trinajstić information content (AvgIpc) is 2.80. The van der Waals surface area contributed by atoms with Gasteiger partial charge in [-0.2, -0.15) is 11.8 Å². The molecule has 0 spiro atoms. The van der Waals surface area contributed by atoms with Crippen LogP contribution in [0.1, 0.15) is 22.3 Å². The zero-order valence-electron chi connectivity index (χ0n) is 10.1. The number of rotatable bonds is 3. The molecule has 3 nitrogen and oxygen atoms in total. The second-order valence-corrected chi connectivity index (χ2v) is 5.60. The van der Waals surface area contributed by atoms with Crippen molar-refractivity contribution in [1.29, 1.82) is 0 Å². The number of benzene rings is 1. The van der Waals surface area contributed by atoms with Gasteiger partial charge in [-0.3, -0.25) is 0 Å². The fourth-order valence-electron chi connectivity index (χ4n) is 2.14. The number of aryl methyl sites for hydroxylation is 1. The Morgan fingerprint density at radius 1 is 1.53 bits per heavy atom. The van der Waals surface area contributed by atoms with Crippen molar-refractivity contribution in [2.24, 2.45) is 0 Å². The lowest BCUT2D eigenvalue weighted by molar-refractivity contribution is 0.0697. The molecule has 1 aliphatic rings. The van der Waals surface area contributed by atoms with E-state index in [9.17, 15) is 9.90 Å². The highest BCUT2D eigenvalue weighted by atomic mass is 32.2. The van der Waals surface area contributed by atoms with Crippen molar-refractivity contribution in [1.82, 2.24) is 0 Å². The van der Waals surface area contributed by atoms with Crippen molar-refractivity contribution in [3.05, 3.63) is 29.3 Å². The van der Waals surface area contributed by atoms with Gasteiger partial charge < -0.3 is 10.0 Å². The molecule has 1 saturated heterocycles. The van der Waals surface area contributed by atoms with Crippen LogP contribution >= 0.6 is 11.8 Å². The number of carbonyl (C=O) groups is 1. The van der Waals surface area contributed by atoms with Gasteiger partial charge in [0.25, 0.3) is 0 Å². The van der Waals surface area contributed by atoms with Crippen LogP contribution < -0.4 is 4.90 Å². The van der Waals surface area contributed by atoms with E-state index in [4.69, 9.17) is 0 Å². The highest BCUT2D eigenvalue weighted by molar-refractivity contribution is 7.99.